The van der Waals surface area contributed by atoms with Crippen LogP contribution in [-0.4, -0.2) is 38.2 Å². The molecular weight excluding hydrogens is 268 g/mol. The summed E-state index contributed by atoms with van der Waals surface area (Å²) in [6.45, 7) is 2.08. The summed E-state index contributed by atoms with van der Waals surface area (Å²) in [4.78, 5) is 31.8. The summed E-state index contributed by atoms with van der Waals surface area (Å²) < 4.78 is 1.18. The molecule has 9 heteroatoms. The average Bonchev–Trinajstić information content (AvgIpc) is 2.82. The second-order valence-electron chi connectivity index (χ2n) is 4.49. The minimum atomic E-state index is -0.868. The Kier molecular flexibility index (Phi) is 5.63. The van der Waals surface area contributed by atoms with Crippen molar-refractivity contribution < 1.29 is 19.6 Å². The topological polar surface area (TPSA) is 127 Å². The minimum Gasteiger partial charge on any atom is -0.481 e. The molecule has 0 aliphatic carbocycles. The summed E-state index contributed by atoms with van der Waals surface area (Å²) in [7, 11) is 0. The molecule has 1 atom stereocenters. The monoisotopic (exact) mass is 284 g/mol. The molecule has 0 aliphatic heterocycles. The number of nitro groups is 1. The molecule has 0 fully saturated rings. The highest BCUT2D eigenvalue weighted by Crippen LogP contribution is 2.07. The number of nitrogens with zero attached hydrogens (tertiary/aromatic N) is 3. The van der Waals surface area contributed by atoms with Crippen molar-refractivity contribution in [3.63, 3.8) is 0 Å². The van der Waals surface area contributed by atoms with Crippen molar-refractivity contribution >= 4 is 17.6 Å². The molecule has 1 aromatic heterocycles. The summed E-state index contributed by atoms with van der Waals surface area (Å²) in [6, 6.07) is 0. The van der Waals surface area contributed by atoms with E-state index >= 15 is 0 Å². The smallest absolute Gasteiger partial charge is 0.307 e. The van der Waals surface area contributed by atoms with Gasteiger partial charge in [0.05, 0.1) is 4.92 Å². The molecular formula is C11H16N4O5. The van der Waals surface area contributed by atoms with E-state index in [1.54, 1.807) is 0 Å². The van der Waals surface area contributed by atoms with Crippen molar-refractivity contribution in [3.8, 4) is 0 Å². The number of hydrogen-bond acceptors (Lipinski definition) is 5. The Labute approximate surface area is 114 Å². The molecule has 2 N–H and O–H groups in total. The van der Waals surface area contributed by atoms with Crippen molar-refractivity contribution in [2.24, 2.45) is 5.92 Å². The van der Waals surface area contributed by atoms with Gasteiger partial charge in [-0.15, -0.1) is 0 Å². The predicted molar refractivity (Wildman–Crippen MR) is 67.9 cm³/mol. The molecule has 0 saturated carbocycles. The number of carbonyl (C=O) groups is 2. The first-order valence-corrected chi connectivity index (χ1v) is 6.04. The van der Waals surface area contributed by atoms with Crippen LogP contribution >= 0.6 is 0 Å². The third-order valence-corrected chi connectivity index (χ3v) is 2.63. The van der Waals surface area contributed by atoms with Gasteiger partial charge >= 0.3 is 11.7 Å². The number of aromatic nitrogens is 2. The maximum Gasteiger partial charge on any atom is 0.307 e. The van der Waals surface area contributed by atoms with Crippen molar-refractivity contribution in [1.82, 2.24) is 15.1 Å². The number of rotatable bonds is 8. The fourth-order valence-electron chi connectivity index (χ4n) is 1.50. The van der Waals surface area contributed by atoms with E-state index in [0.29, 0.717) is 13.0 Å². The van der Waals surface area contributed by atoms with Crippen LogP contribution in [0.3, 0.4) is 0 Å². The maximum absolute atomic E-state index is 11.6. The van der Waals surface area contributed by atoms with E-state index in [9.17, 15) is 19.7 Å². The Balaban J connectivity index is 2.32. The van der Waals surface area contributed by atoms with Gasteiger partial charge in [-0.05, 0) is 12.3 Å². The van der Waals surface area contributed by atoms with Crippen molar-refractivity contribution in [3.05, 3.63) is 22.5 Å². The molecule has 1 aromatic rings. The minimum absolute atomic E-state index is 0.0435. The van der Waals surface area contributed by atoms with Gasteiger partial charge in [0.1, 0.15) is 18.9 Å². The van der Waals surface area contributed by atoms with Crippen LogP contribution < -0.4 is 5.32 Å². The Morgan fingerprint density at radius 1 is 1.60 bits per heavy atom. The van der Waals surface area contributed by atoms with Crippen molar-refractivity contribution in [2.45, 2.75) is 26.3 Å². The Morgan fingerprint density at radius 2 is 2.30 bits per heavy atom. The van der Waals surface area contributed by atoms with Crippen LogP contribution in [0.25, 0.3) is 0 Å². The molecule has 0 saturated heterocycles. The molecule has 0 radical (unpaired) electrons. The lowest BCUT2D eigenvalue weighted by Crippen LogP contribution is -2.31. The summed E-state index contributed by atoms with van der Waals surface area (Å²) in [5.74, 6) is -1.15. The fraction of sp³-hybridized carbons (Fsp3) is 0.545. The van der Waals surface area contributed by atoms with Crippen LogP contribution in [0.15, 0.2) is 12.4 Å². The van der Waals surface area contributed by atoms with E-state index in [0.717, 1.165) is 6.20 Å². The summed E-state index contributed by atoms with van der Waals surface area (Å²) in [6.07, 6.45) is 2.78. The zero-order valence-electron chi connectivity index (χ0n) is 11.0. The van der Waals surface area contributed by atoms with E-state index in [4.69, 9.17) is 5.11 Å². The van der Waals surface area contributed by atoms with Gasteiger partial charge in [-0.2, -0.15) is 5.10 Å². The lowest BCUT2D eigenvalue weighted by atomic mass is 10.1. The van der Waals surface area contributed by atoms with Gasteiger partial charge in [0.2, 0.25) is 5.91 Å². The normalized spacial score (nSPS) is 11.8. The van der Waals surface area contributed by atoms with Crippen molar-refractivity contribution in [1.29, 1.82) is 0 Å². The van der Waals surface area contributed by atoms with E-state index in [1.807, 2.05) is 6.92 Å². The van der Waals surface area contributed by atoms with Gasteiger partial charge < -0.3 is 10.4 Å². The van der Waals surface area contributed by atoms with Crippen LogP contribution in [0.5, 0.6) is 0 Å². The first kappa shape index (κ1) is 15.6. The van der Waals surface area contributed by atoms with Crippen LogP contribution in [0.4, 0.5) is 5.69 Å². The number of aliphatic carboxylic acids is 1. The van der Waals surface area contributed by atoms with Gasteiger partial charge in [0, 0.05) is 13.0 Å². The molecule has 9 nitrogen and oxygen atoms in total. The third-order valence-electron chi connectivity index (χ3n) is 2.63. The second kappa shape index (κ2) is 7.22. The second-order valence-corrected chi connectivity index (χ2v) is 4.49. The molecule has 0 bridgehead atoms. The zero-order valence-corrected chi connectivity index (χ0v) is 11.0. The number of amides is 1. The summed E-state index contributed by atoms with van der Waals surface area (Å²) in [5, 5.41) is 25.3. The Hall–Kier alpha value is -2.45. The van der Waals surface area contributed by atoms with Gasteiger partial charge in [-0.3, -0.25) is 24.4 Å². The lowest BCUT2D eigenvalue weighted by molar-refractivity contribution is -0.385. The number of carboxylic acids is 1. The van der Waals surface area contributed by atoms with Crippen molar-refractivity contribution in [2.75, 3.05) is 6.54 Å². The highest BCUT2D eigenvalue weighted by atomic mass is 16.6. The fourth-order valence-corrected chi connectivity index (χ4v) is 1.50. The van der Waals surface area contributed by atoms with Crippen LogP contribution in [-0.2, 0) is 16.1 Å². The number of hydrogen-bond donors (Lipinski definition) is 2. The van der Waals surface area contributed by atoms with Gasteiger partial charge in [0.15, 0.2) is 0 Å². The quantitative estimate of drug-likeness (QED) is 0.525. The predicted octanol–water partition coefficient (Wildman–Crippen LogP) is 0.408. The van der Waals surface area contributed by atoms with E-state index < -0.39 is 10.9 Å². The van der Waals surface area contributed by atoms with E-state index in [2.05, 4.69) is 10.4 Å². The van der Waals surface area contributed by atoms with Crippen LogP contribution in [0.1, 0.15) is 19.8 Å². The first-order chi connectivity index (χ1) is 9.38. The molecule has 1 heterocycles. The molecule has 20 heavy (non-hydrogen) atoms. The van der Waals surface area contributed by atoms with E-state index in [1.165, 1.54) is 10.9 Å². The Bertz CT molecular complexity index is 499. The molecule has 110 valence electrons. The zero-order chi connectivity index (χ0) is 15.1. The SMILES string of the molecule is CC(CCC(=O)O)CNC(=O)Cn1cc([N+](=O)[O-])cn1. The van der Waals surface area contributed by atoms with Gasteiger partial charge in [0.25, 0.3) is 0 Å². The molecule has 0 aliphatic rings. The first-order valence-electron chi connectivity index (χ1n) is 6.04. The summed E-state index contributed by atoms with van der Waals surface area (Å²) >= 11 is 0. The number of carboxylic acid groups (broad SMARTS) is 1. The molecule has 1 amide bonds. The molecule has 0 spiro atoms. The van der Waals surface area contributed by atoms with Gasteiger partial charge in [-0.1, -0.05) is 6.92 Å². The number of nitrogens with one attached hydrogen (secondary N) is 1. The maximum atomic E-state index is 11.6. The highest BCUT2D eigenvalue weighted by molar-refractivity contribution is 5.75. The molecule has 0 aromatic carbocycles. The third kappa shape index (κ3) is 5.46. The van der Waals surface area contributed by atoms with Gasteiger partial charge in [-0.25, -0.2) is 0 Å². The van der Waals surface area contributed by atoms with Crippen LogP contribution in [0.2, 0.25) is 0 Å². The highest BCUT2D eigenvalue weighted by Gasteiger charge is 2.12. The van der Waals surface area contributed by atoms with Crippen LogP contribution in [0, 0.1) is 16.0 Å². The molecule has 1 unspecified atom stereocenters. The molecule has 1 rings (SSSR count). The standard InChI is InChI=1S/C11H16N4O5/c1-8(2-3-11(17)18)4-12-10(16)7-14-6-9(5-13-14)15(19)20/h5-6,8H,2-4,7H2,1H3,(H,12,16)(H,17,18). The van der Waals surface area contributed by atoms with E-state index in [-0.39, 0.29) is 30.5 Å². The Morgan fingerprint density at radius 3 is 2.85 bits per heavy atom. The summed E-state index contributed by atoms with van der Waals surface area (Å²) in [5.41, 5.74) is -0.173. The average molecular weight is 284 g/mol. The lowest BCUT2D eigenvalue weighted by Gasteiger charge is -2.11. The number of carbonyl (C=O) groups excluding carboxylic acids is 1. The largest absolute Gasteiger partial charge is 0.481 e.